The lowest BCUT2D eigenvalue weighted by molar-refractivity contribution is 0.436. The van der Waals surface area contributed by atoms with Crippen molar-refractivity contribution >= 4 is 11.6 Å². The third-order valence-electron chi connectivity index (χ3n) is 4.48. The smallest absolute Gasteiger partial charge is 0.0834 e. The Morgan fingerprint density at radius 3 is 2.65 bits per heavy atom. The first kappa shape index (κ1) is 11.5. The fourth-order valence-electron chi connectivity index (χ4n) is 3.67. The summed E-state index contributed by atoms with van der Waals surface area (Å²) in [6.07, 6.45) is 5.83. The Hall–Kier alpha value is -0.540. The van der Waals surface area contributed by atoms with Crippen molar-refractivity contribution in [2.75, 3.05) is 0 Å². The van der Waals surface area contributed by atoms with Gasteiger partial charge in [0.15, 0.2) is 0 Å². The molecule has 0 spiro atoms. The number of hydrogen-bond acceptors (Lipinski definition) is 2. The van der Waals surface area contributed by atoms with Gasteiger partial charge in [-0.25, -0.2) is 0 Å². The van der Waals surface area contributed by atoms with Crippen molar-refractivity contribution in [1.82, 2.24) is 9.78 Å². The Morgan fingerprint density at radius 2 is 2.06 bits per heavy atom. The van der Waals surface area contributed by atoms with Gasteiger partial charge in [-0.1, -0.05) is 18.0 Å². The molecule has 2 N–H and O–H groups in total. The largest absolute Gasteiger partial charge is 0.322 e. The number of hydrogen-bond donors (Lipinski definition) is 1. The van der Waals surface area contributed by atoms with Crippen LogP contribution < -0.4 is 5.73 Å². The van der Waals surface area contributed by atoms with E-state index in [4.69, 9.17) is 17.3 Å². The SMILES string of the molecule is CC(C)n1ncc(Cl)c1C(N)C1C2CCCC21. The highest BCUT2D eigenvalue weighted by Gasteiger charge is 2.56. The van der Waals surface area contributed by atoms with E-state index in [1.807, 2.05) is 4.68 Å². The molecule has 2 aliphatic rings. The maximum absolute atomic E-state index is 6.43. The average Bonchev–Trinajstić information content (AvgIpc) is 2.65. The predicted molar refractivity (Wildman–Crippen MR) is 68.9 cm³/mol. The molecule has 1 aromatic heterocycles. The van der Waals surface area contributed by atoms with Crippen LogP contribution in [0, 0.1) is 17.8 Å². The van der Waals surface area contributed by atoms with Crippen molar-refractivity contribution in [1.29, 1.82) is 0 Å². The van der Waals surface area contributed by atoms with Crippen molar-refractivity contribution in [2.45, 2.75) is 45.2 Å². The van der Waals surface area contributed by atoms with Crippen LogP contribution in [0.15, 0.2) is 6.20 Å². The number of rotatable bonds is 3. The fraction of sp³-hybridized carbons (Fsp3) is 0.769. The van der Waals surface area contributed by atoms with E-state index < -0.39 is 0 Å². The summed E-state index contributed by atoms with van der Waals surface area (Å²) in [6.45, 7) is 4.24. The molecule has 3 atom stereocenters. The summed E-state index contributed by atoms with van der Waals surface area (Å²) >= 11 is 6.25. The van der Waals surface area contributed by atoms with Gasteiger partial charge in [0.1, 0.15) is 0 Å². The minimum atomic E-state index is 0.0719. The Morgan fingerprint density at radius 1 is 1.41 bits per heavy atom. The second kappa shape index (κ2) is 3.99. The van der Waals surface area contributed by atoms with Crippen molar-refractivity contribution in [3.63, 3.8) is 0 Å². The lowest BCUT2D eigenvalue weighted by Gasteiger charge is -2.18. The molecule has 0 bridgehead atoms. The van der Waals surface area contributed by atoms with Crippen molar-refractivity contribution < 1.29 is 0 Å². The van der Waals surface area contributed by atoms with E-state index in [1.54, 1.807) is 6.20 Å². The van der Waals surface area contributed by atoms with Gasteiger partial charge in [0.05, 0.1) is 23.0 Å². The lowest BCUT2D eigenvalue weighted by Crippen LogP contribution is -2.21. The maximum atomic E-state index is 6.43. The number of halogens is 1. The van der Waals surface area contributed by atoms with Crippen molar-refractivity contribution in [3.05, 3.63) is 16.9 Å². The molecule has 4 heteroatoms. The van der Waals surface area contributed by atoms with Gasteiger partial charge >= 0.3 is 0 Å². The molecule has 0 radical (unpaired) electrons. The highest BCUT2D eigenvalue weighted by atomic mass is 35.5. The second-order valence-corrected chi connectivity index (χ2v) is 6.19. The topological polar surface area (TPSA) is 43.8 Å². The van der Waals surface area contributed by atoms with Crippen LogP contribution in [0.2, 0.25) is 5.02 Å². The number of aromatic nitrogens is 2. The Bertz CT molecular complexity index is 416. The predicted octanol–water partition coefficient (Wildman–Crippen LogP) is 3.16. The van der Waals surface area contributed by atoms with Crippen molar-refractivity contribution in [2.24, 2.45) is 23.5 Å². The molecule has 0 saturated heterocycles. The van der Waals surface area contributed by atoms with Crippen LogP contribution in [0.25, 0.3) is 0 Å². The molecule has 0 aromatic carbocycles. The minimum Gasteiger partial charge on any atom is -0.322 e. The van der Waals surface area contributed by atoms with E-state index in [2.05, 4.69) is 18.9 Å². The molecule has 1 heterocycles. The zero-order valence-corrected chi connectivity index (χ0v) is 11.2. The summed E-state index contributed by atoms with van der Waals surface area (Å²) in [5.41, 5.74) is 7.47. The monoisotopic (exact) mass is 253 g/mol. The zero-order chi connectivity index (χ0) is 12.2. The van der Waals surface area contributed by atoms with Crippen molar-refractivity contribution in [3.8, 4) is 0 Å². The first-order valence-corrected chi connectivity index (χ1v) is 6.97. The molecule has 94 valence electrons. The van der Waals surface area contributed by atoms with E-state index in [-0.39, 0.29) is 6.04 Å². The average molecular weight is 254 g/mol. The molecular formula is C13H20ClN3. The lowest BCUT2D eigenvalue weighted by atomic mass is 10.0. The summed E-state index contributed by atoms with van der Waals surface area (Å²) in [6, 6.07) is 0.393. The van der Waals surface area contributed by atoms with Crippen LogP contribution in [0.4, 0.5) is 0 Å². The molecule has 0 amide bonds. The van der Waals surface area contributed by atoms with Crippen LogP contribution in [-0.4, -0.2) is 9.78 Å². The highest BCUT2D eigenvalue weighted by Crippen LogP contribution is 2.61. The summed E-state index contributed by atoms with van der Waals surface area (Å²) in [7, 11) is 0. The van der Waals surface area contributed by atoms with Crippen LogP contribution >= 0.6 is 11.6 Å². The number of nitrogens with zero attached hydrogens (tertiary/aromatic N) is 2. The molecule has 2 fully saturated rings. The Labute approximate surface area is 107 Å². The van der Waals surface area contributed by atoms with E-state index in [0.717, 1.165) is 22.6 Å². The molecule has 2 saturated carbocycles. The van der Waals surface area contributed by atoms with Gasteiger partial charge in [0.25, 0.3) is 0 Å². The molecule has 3 rings (SSSR count). The quantitative estimate of drug-likeness (QED) is 0.899. The van der Waals surface area contributed by atoms with E-state index in [0.29, 0.717) is 12.0 Å². The van der Waals surface area contributed by atoms with Gasteiger partial charge in [0, 0.05) is 6.04 Å². The van der Waals surface area contributed by atoms with Gasteiger partial charge < -0.3 is 5.73 Å². The van der Waals surface area contributed by atoms with Gasteiger partial charge in [0.2, 0.25) is 0 Å². The summed E-state index contributed by atoms with van der Waals surface area (Å²) in [5, 5.41) is 5.08. The fourth-order valence-corrected chi connectivity index (χ4v) is 3.92. The third-order valence-corrected chi connectivity index (χ3v) is 4.77. The van der Waals surface area contributed by atoms with E-state index in [1.165, 1.54) is 19.3 Å². The standard InChI is InChI=1S/C13H20ClN3/c1-7(2)17-13(10(14)6-16-17)12(15)11-8-4-3-5-9(8)11/h6-9,11-12H,3-5,15H2,1-2H3. The van der Waals surface area contributed by atoms with Gasteiger partial charge in [-0.05, 0) is 44.4 Å². The van der Waals surface area contributed by atoms with E-state index in [9.17, 15) is 0 Å². The van der Waals surface area contributed by atoms with Crippen LogP contribution in [0.1, 0.15) is 50.9 Å². The normalized spacial score (nSPS) is 32.9. The van der Waals surface area contributed by atoms with E-state index >= 15 is 0 Å². The first-order valence-electron chi connectivity index (χ1n) is 6.59. The molecule has 0 aliphatic heterocycles. The van der Waals surface area contributed by atoms with Crippen LogP contribution in [-0.2, 0) is 0 Å². The summed E-state index contributed by atoms with van der Waals surface area (Å²) in [5.74, 6) is 2.36. The molecular weight excluding hydrogens is 234 g/mol. The number of fused-ring (bicyclic) bond motifs is 1. The summed E-state index contributed by atoms with van der Waals surface area (Å²) < 4.78 is 1.99. The second-order valence-electron chi connectivity index (χ2n) is 5.78. The zero-order valence-electron chi connectivity index (χ0n) is 10.4. The van der Waals surface area contributed by atoms with Gasteiger partial charge in [-0.15, -0.1) is 0 Å². The van der Waals surface area contributed by atoms with Crippen LogP contribution in [0.3, 0.4) is 0 Å². The molecule has 3 unspecified atom stereocenters. The minimum absolute atomic E-state index is 0.0719. The van der Waals surface area contributed by atoms with Crippen LogP contribution in [0.5, 0.6) is 0 Å². The number of nitrogens with two attached hydrogens (primary N) is 1. The molecule has 1 aromatic rings. The summed E-state index contributed by atoms with van der Waals surface area (Å²) in [4.78, 5) is 0. The third kappa shape index (κ3) is 1.71. The highest BCUT2D eigenvalue weighted by molar-refractivity contribution is 6.31. The molecule has 3 nitrogen and oxygen atoms in total. The Balaban J connectivity index is 1.86. The first-order chi connectivity index (χ1) is 8.11. The van der Waals surface area contributed by atoms with Gasteiger partial charge in [-0.2, -0.15) is 5.10 Å². The maximum Gasteiger partial charge on any atom is 0.0834 e. The Kier molecular flexibility index (Phi) is 2.71. The van der Waals surface area contributed by atoms with Gasteiger partial charge in [-0.3, -0.25) is 4.68 Å². The molecule has 2 aliphatic carbocycles. The molecule has 17 heavy (non-hydrogen) atoms.